The Hall–Kier alpha value is -2.18. The quantitative estimate of drug-likeness (QED) is 0.497. The summed E-state index contributed by atoms with van der Waals surface area (Å²) in [6.07, 6.45) is 3.30. The Morgan fingerprint density at radius 1 is 1.00 bits per heavy atom. The van der Waals surface area contributed by atoms with Crippen molar-refractivity contribution in [3.05, 3.63) is 41.0 Å². The highest BCUT2D eigenvalue weighted by Gasteiger charge is 2.44. The number of benzene rings is 1. The second kappa shape index (κ2) is 8.52. The third-order valence-electron chi connectivity index (χ3n) is 5.84. The summed E-state index contributed by atoms with van der Waals surface area (Å²) in [6, 6.07) is 3.72. The van der Waals surface area contributed by atoms with Crippen molar-refractivity contribution in [3.8, 4) is 0 Å². The van der Waals surface area contributed by atoms with Crippen LogP contribution < -0.4 is 5.32 Å². The van der Waals surface area contributed by atoms with Gasteiger partial charge in [-0.05, 0) is 51.8 Å². The van der Waals surface area contributed by atoms with Crippen LogP contribution in [0.25, 0.3) is 0 Å². The van der Waals surface area contributed by atoms with E-state index in [1.54, 1.807) is 6.07 Å². The summed E-state index contributed by atoms with van der Waals surface area (Å²) in [6.45, 7) is 13.5. The first-order valence-corrected chi connectivity index (χ1v) is 10.6. The number of aryl methyl sites for hydroxylation is 2. The van der Waals surface area contributed by atoms with Gasteiger partial charge in [0.15, 0.2) is 5.79 Å². The lowest BCUT2D eigenvalue weighted by molar-refractivity contribution is -0.150. The molecule has 3 rings (SSSR count). The van der Waals surface area contributed by atoms with E-state index in [1.165, 1.54) is 0 Å². The maximum Gasteiger partial charge on any atom is 0.340 e. The largest absolute Gasteiger partial charge is 0.458 e. The van der Waals surface area contributed by atoms with Crippen LogP contribution in [0.1, 0.15) is 62.5 Å². The number of hydrogen-bond donors (Lipinski definition) is 1. The van der Waals surface area contributed by atoms with Crippen LogP contribution in [0.4, 0.5) is 5.69 Å². The Morgan fingerprint density at radius 2 is 1.67 bits per heavy atom. The second-order valence-electron chi connectivity index (χ2n) is 9.11. The molecule has 1 aromatic rings. The molecule has 2 aliphatic heterocycles. The molecule has 0 saturated carbocycles. The number of amides is 1. The Labute approximate surface area is 179 Å². The topological polar surface area (TPSA) is 73.9 Å². The molecule has 164 valence electrons. The molecular formula is C24H33NO5. The van der Waals surface area contributed by atoms with Gasteiger partial charge in [0.05, 0.1) is 29.9 Å². The van der Waals surface area contributed by atoms with Crippen LogP contribution in [0.5, 0.6) is 0 Å². The predicted octanol–water partition coefficient (Wildman–Crippen LogP) is 4.54. The lowest BCUT2D eigenvalue weighted by atomic mass is 9.94. The molecule has 1 fully saturated rings. The Bertz CT molecular complexity index is 859. The molecule has 0 aromatic heterocycles. The van der Waals surface area contributed by atoms with Gasteiger partial charge in [-0.3, -0.25) is 4.79 Å². The number of fused-ring (bicyclic) bond motifs is 2. The van der Waals surface area contributed by atoms with Crippen molar-refractivity contribution >= 4 is 17.6 Å². The second-order valence-corrected chi connectivity index (χ2v) is 9.11. The van der Waals surface area contributed by atoms with E-state index in [2.05, 4.69) is 11.4 Å². The number of rotatable bonds is 0. The zero-order valence-corrected chi connectivity index (χ0v) is 18.9. The first-order valence-electron chi connectivity index (χ1n) is 10.6. The molecule has 1 N–H and O–H groups in total. The van der Waals surface area contributed by atoms with Gasteiger partial charge >= 0.3 is 5.97 Å². The monoisotopic (exact) mass is 415 g/mol. The van der Waals surface area contributed by atoms with Gasteiger partial charge in [-0.1, -0.05) is 32.1 Å². The van der Waals surface area contributed by atoms with Gasteiger partial charge in [0, 0.05) is 11.8 Å². The van der Waals surface area contributed by atoms with E-state index in [0.717, 1.165) is 11.1 Å². The Kier molecular flexibility index (Phi) is 6.39. The molecule has 0 radical (unpaired) electrons. The molecule has 2 heterocycles. The van der Waals surface area contributed by atoms with Crippen molar-refractivity contribution in [2.45, 2.75) is 79.0 Å². The molecule has 2 aliphatic rings. The number of esters is 1. The van der Waals surface area contributed by atoms with Crippen molar-refractivity contribution < 1.29 is 23.8 Å². The Morgan fingerprint density at radius 3 is 2.37 bits per heavy atom. The van der Waals surface area contributed by atoms with E-state index in [1.807, 2.05) is 60.6 Å². The smallest absolute Gasteiger partial charge is 0.340 e. The molecule has 1 unspecified atom stereocenters. The lowest BCUT2D eigenvalue weighted by Crippen LogP contribution is -2.33. The highest BCUT2D eigenvalue weighted by molar-refractivity contribution is 6.02. The molecule has 6 heteroatoms. The lowest BCUT2D eigenvalue weighted by Gasteiger charge is -2.24. The molecule has 5 atom stereocenters. The zero-order chi connectivity index (χ0) is 22.2. The fourth-order valence-corrected chi connectivity index (χ4v) is 4.14. The molecule has 1 amide bonds. The van der Waals surface area contributed by atoms with Crippen molar-refractivity contribution in [2.75, 3.05) is 5.32 Å². The molecular weight excluding hydrogens is 382 g/mol. The first-order chi connectivity index (χ1) is 14.0. The van der Waals surface area contributed by atoms with Crippen LogP contribution in [0.3, 0.4) is 0 Å². The molecule has 30 heavy (non-hydrogen) atoms. The van der Waals surface area contributed by atoms with Gasteiger partial charge in [-0.15, -0.1) is 0 Å². The standard InChI is InChI=1S/C24H33NO5/c1-13-10-16(4)21-18(11-13)25-20(26)12-19-22(30-24(6,7)29-19)15(3)9-8-14(2)17(5)28-23(21)27/h8-11,14-15,17,19,22H,12H2,1-7H3,(H,25,26)/b9-8-/t14-,15?,17+,19+,22-/m1/s1. The minimum absolute atomic E-state index is 0.0249. The van der Waals surface area contributed by atoms with E-state index in [4.69, 9.17) is 14.2 Å². The predicted molar refractivity (Wildman–Crippen MR) is 115 cm³/mol. The van der Waals surface area contributed by atoms with Gasteiger partial charge in [-0.25, -0.2) is 4.79 Å². The van der Waals surface area contributed by atoms with E-state index in [-0.39, 0.29) is 42.5 Å². The van der Waals surface area contributed by atoms with Crippen LogP contribution in [-0.2, 0) is 19.0 Å². The molecule has 1 aromatic carbocycles. The summed E-state index contributed by atoms with van der Waals surface area (Å²) in [5, 5.41) is 2.91. The summed E-state index contributed by atoms with van der Waals surface area (Å²) < 4.78 is 17.9. The number of anilines is 1. The van der Waals surface area contributed by atoms with Crippen molar-refractivity contribution in [2.24, 2.45) is 11.8 Å². The molecule has 0 aliphatic carbocycles. The SMILES string of the molecule is Cc1cc(C)c2c(c1)NC(=O)C[C@@H]1OC(C)(C)O[C@@H]1C(C)/C=C\[C@@H](C)[C@H](C)OC2=O. The summed E-state index contributed by atoms with van der Waals surface area (Å²) in [5.74, 6) is -1.35. The number of nitrogens with one attached hydrogen (secondary N) is 1. The minimum atomic E-state index is -0.755. The van der Waals surface area contributed by atoms with Gasteiger partial charge in [0.2, 0.25) is 5.91 Å². The first kappa shape index (κ1) is 22.5. The highest BCUT2D eigenvalue weighted by Crippen LogP contribution is 2.35. The van der Waals surface area contributed by atoms with E-state index < -0.39 is 11.8 Å². The molecule has 6 nitrogen and oxygen atoms in total. The number of ether oxygens (including phenoxy) is 3. The van der Waals surface area contributed by atoms with Gasteiger partial charge in [0.25, 0.3) is 0 Å². The van der Waals surface area contributed by atoms with Crippen molar-refractivity contribution in [1.29, 1.82) is 0 Å². The van der Waals surface area contributed by atoms with Crippen LogP contribution in [-0.4, -0.2) is 36.0 Å². The molecule has 0 bridgehead atoms. The average Bonchev–Trinajstić information content (AvgIpc) is 2.91. The summed E-state index contributed by atoms with van der Waals surface area (Å²) >= 11 is 0. The summed E-state index contributed by atoms with van der Waals surface area (Å²) in [4.78, 5) is 25.9. The zero-order valence-electron chi connectivity index (χ0n) is 18.9. The average molecular weight is 416 g/mol. The normalized spacial score (nSPS) is 33.0. The van der Waals surface area contributed by atoms with Gasteiger partial charge < -0.3 is 19.5 Å². The summed E-state index contributed by atoms with van der Waals surface area (Å²) in [5.41, 5.74) is 2.59. The fourth-order valence-electron chi connectivity index (χ4n) is 4.14. The van der Waals surface area contributed by atoms with Gasteiger partial charge in [0.1, 0.15) is 6.10 Å². The minimum Gasteiger partial charge on any atom is -0.458 e. The maximum absolute atomic E-state index is 13.0. The molecule has 0 spiro atoms. The van der Waals surface area contributed by atoms with Crippen molar-refractivity contribution in [1.82, 2.24) is 0 Å². The van der Waals surface area contributed by atoms with Crippen LogP contribution in [0, 0.1) is 25.7 Å². The van der Waals surface area contributed by atoms with E-state index in [0.29, 0.717) is 11.3 Å². The van der Waals surface area contributed by atoms with Crippen molar-refractivity contribution in [3.63, 3.8) is 0 Å². The molecule has 1 saturated heterocycles. The van der Waals surface area contributed by atoms with Crippen LogP contribution in [0.15, 0.2) is 24.3 Å². The number of hydrogen-bond acceptors (Lipinski definition) is 5. The van der Waals surface area contributed by atoms with Gasteiger partial charge in [-0.2, -0.15) is 0 Å². The summed E-state index contributed by atoms with van der Waals surface area (Å²) in [7, 11) is 0. The maximum atomic E-state index is 13.0. The number of carbonyl (C=O) groups is 2. The van der Waals surface area contributed by atoms with E-state index in [9.17, 15) is 9.59 Å². The van der Waals surface area contributed by atoms with E-state index >= 15 is 0 Å². The van der Waals surface area contributed by atoms with Crippen LogP contribution in [0.2, 0.25) is 0 Å². The third-order valence-corrected chi connectivity index (χ3v) is 5.84. The third kappa shape index (κ3) is 4.93. The Balaban J connectivity index is 2.01. The number of carbonyl (C=O) groups excluding carboxylic acids is 2. The number of cyclic esters (lactones) is 1. The highest BCUT2D eigenvalue weighted by atomic mass is 16.8. The van der Waals surface area contributed by atoms with Crippen LogP contribution >= 0.6 is 0 Å². The fraction of sp³-hybridized carbons (Fsp3) is 0.583.